The van der Waals surface area contributed by atoms with Crippen molar-refractivity contribution in [2.45, 2.75) is 129 Å². The molecule has 2 N–H and O–H groups in total. The van der Waals surface area contributed by atoms with E-state index in [0.29, 0.717) is 6.42 Å². The van der Waals surface area contributed by atoms with Crippen molar-refractivity contribution in [3.8, 4) is 5.69 Å². The number of alkyl carbamates (subject to hydrolysis) is 1. The van der Waals surface area contributed by atoms with Gasteiger partial charge in [0.1, 0.15) is 42.2 Å². The van der Waals surface area contributed by atoms with Crippen molar-refractivity contribution in [1.29, 1.82) is 0 Å². The lowest BCUT2D eigenvalue weighted by Gasteiger charge is -2.46. The maximum Gasteiger partial charge on any atom is 0.509 e. The highest BCUT2D eigenvalue weighted by atomic mass is 16.8. The van der Waals surface area contributed by atoms with E-state index >= 15 is 0 Å². The standard InChI is InChI=1S/C43H60N4O12/c1-11-32-43(8)36(45-40(52)58-43)26(4)33(48)24(2)23-42(7,59-41(53)54-21-12-14-29-15-17-30(18-16-29)47-20-13-19-44-47)37(27(5)34(49)28(6)38(51)56-32)57-39-35(50)31(46(9)10)22-25(3)55-39/h12-20,24-28,31-32,35-37,39,50H,11,21-23H2,1-10H3,(H,45,52)/b14-12+/t24-,25-,26+,27+,28-,31+,32-,35-,36-,37-,39+,42-,43-/m1/s1. The van der Waals surface area contributed by atoms with Crippen LogP contribution in [0.1, 0.15) is 80.2 Å². The van der Waals surface area contributed by atoms with Gasteiger partial charge in [0.15, 0.2) is 17.7 Å². The first-order chi connectivity index (χ1) is 27.8. The third-order valence-electron chi connectivity index (χ3n) is 12.0. The third kappa shape index (κ3) is 10.0. The zero-order valence-electron chi connectivity index (χ0n) is 35.7. The number of aliphatic hydroxyl groups is 1. The zero-order chi connectivity index (χ0) is 43.4. The molecule has 13 atom stereocenters. The van der Waals surface area contributed by atoms with E-state index in [4.69, 9.17) is 28.4 Å². The summed E-state index contributed by atoms with van der Waals surface area (Å²) in [6.07, 6.45) is 0.314. The quantitative estimate of drug-likeness (QED) is 0.197. The zero-order valence-corrected chi connectivity index (χ0v) is 35.7. The van der Waals surface area contributed by atoms with E-state index in [2.05, 4.69) is 10.4 Å². The van der Waals surface area contributed by atoms with Gasteiger partial charge in [-0.25, -0.2) is 14.3 Å². The number of rotatable bonds is 9. The Hall–Kier alpha value is -4.64. The fraction of sp³-hybridized carbons (Fsp3) is 0.628. The van der Waals surface area contributed by atoms with Crippen molar-refractivity contribution in [3.05, 3.63) is 54.4 Å². The number of ketones is 2. The van der Waals surface area contributed by atoms with Gasteiger partial charge < -0.3 is 43.7 Å². The van der Waals surface area contributed by atoms with Gasteiger partial charge in [-0.05, 0) is 90.9 Å². The minimum absolute atomic E-state index is 0.185. The maximum atomic E-state index is 14.4. The number of aliphatic hydroxyl groups excluding tert-OH is 1. The summed E-state index contributed by atoms with van der Waals surface area (Å²) in [5, 5.41) is 18.5. The SMILES string of the molecule is CC[C@H]1OC(=O)[C@H](C)C(=O)[C@H](C)[C@@H](O[C@@H]2O[C@H](C)C[C@H](N(C)C)[C@H]2O)[C@](C)(OC(=O)OC/C=C/c2ccc(-n3cccn3)cc2)C[C@@H](C)C(=O)[C@H](C)[C@H]2NC(=O)O[C@@]21C. The number of Topliss-reactive ketones (excluding diaryl/α,β-unsaturated/α-hetero) is 2. The molecule has 0 radical (unpaired) electrons. The van der Waals surface area contributed by atoms with E-state index in [1.54, 1.807) is 50.7 Å². The van der Waals surface area contributed by atoms with Crippen LogP contribution < -0.4 is 5.32 Å². The summed E-state index contributed by atoms with van der Waals surface area (Å²) in [6, 6.07) is 8.09. The Labute approximate surface area is 345 Å². The average Bonchev–Trinajstić information content (AvgIpc) is 3.84. The van der Waals surface area contributed by atoms with E-state index in [1.807, 2.05) is 62.4 Å². The first-order valence-corrected chi connectivity index (χ1v) is 20.3. The number of hydrogen-bond acceptors (Lipinski definition) is 14. The largest absolute Gasteiger partial charge is 0.509 e. The molecule has 2 aromatic rings. The minimum Gasteiger partial charge on any atom is -0.458 e. The maximum absolute atomic E-state index is 14.4. The van der Waals surface area contributed by atoms with E-state index in [1.165, 1.54) is 20.8 Å². The molecule has 1 aromatic heterocycles. The Balaban J connectivity index is 1.49. The number of likely N-dealkylation sites (N-methyl/N-ethyl adjacent to an activating group) is 1. The van der Waals surface area contributed by atoms with Crippen LogP contribution >= 0.6 is 0 Å². The number of benzene rings is 1. The van der Waals surface area contributed by atoms with Gasteiger partial charge in [0.2, 0.25) is 0 Å². The molecule has 0 saturated carbocycles. The molecule has 0 spiro atoms. The first kappa shape index (κ1) is 45.4. The lowest BCUT2D eigenvalue weighted by Crippen LogP contribution is -2.60. The number of nitrogens with zero attached hydrogens (tertiary/aromatic N) is 3. The first-order valence-electron chi connectivity index (χ1n) is 20.3. The van der Waals surface area contributed by atoms with Gasteiger partial charge in [-0.1, -0.05) is 45.9 Å². The summed E-state index contributed by atoms with van der Waals surface area (Å²) < 4.78 is 37.8. The van der Waals surface area contributed by atoms with Crippen molar-refractivity contribution in [2.75, 3.05) is 20.7 Å². The molecule has 1 amide bonds. The molecule has 1 aromatic carbocycles. The molecule has 0 bridgehead atoms. The fourth-order valence-electron chi connectivity index (χ4n) is 8.77. The lowest BCUT2D eigenvalue weighted by molar-refractivity contribution is -0.293. The Bertz CT molecular complexity index is 1840. The van der Waals surface area contributed by atoms with Gasteiger partial charge in [-0.3, -0.25) is 14.4 Å². The van der Waals surface area contributed by atoms with E-state index in [-0.39, 0.29) is 31.3 Å². The summed E-state index contributed by atoms with van der Waals surface area (Å²) in [5.74, 6) is -6.09. The predicted octanol–water partition coefficient (Wildman–Crippen LogP) is 4.88. The molecule has 59 heavy (non-hydrogen) atoms. The molecule has 3 aliphatic heterocycles. The number of hydrogen-bond donors (Lipinski definition) is 2. The second kappa shape index (κ2) is 18.7. The van der Waals surface area contributed by atoms with E-state index in [0.717, 1.165) is 11.3 Å². The van der Waals surface area contributed by atoms with Gasteiger partial charge in [-0.2, -0.15) is 5.10 Å². The molecule has 324 valence electrons. The fourth-order valence-corrected chi connectivity index (χ4v) is 8.77. The smallest absolute Gasteiger partial charge is 0.458 e. The van der Waals surface area contributed by atoms with Crippen LogP contribution in [0.4, 0.5) is 9.59 Å². The van der Waals surface area contributed by atoms with Gasteiger partial charge in [0.25, 0.3) is 0 Å². The molecule has 16 heteroatoms. The number of aromatic nitrogens is 2. The Morgan fingerprint density at radius 1 is 1.05 bits per heavy atom. The molecule has 4 heterocycles. The number of fused-ring (bicyclic) bond motifs is 1. The highest BCUT2D eigenvalue weighted by molar-refractivity contribution is 6.00. The molecule has 16 nitrogen and oxygen atoms in total. The van der Waals surface area contributed by atoms with Crippen LogP contribution in [-0.4, -0.2) is 124 Å². The number of esters is 1. The number of cyclic esters (lactones) is 1. The number of amides is 1. The monoisotopic (exact) mass is 824 g/mol. The second-order valence-corrected chi connectivity index (χ2v) is 16.8. The lowest BCUT2D eigenvalue weighted by atomic mass is 9.73. The van der Waals surface area contributed by atoms with Crippen molar-refractivity contribution in [3.63, 3.8) is 0 Å². The summed E-state index contributed by atoms with van der Waals surface area (Å²) in [7, 11) is 3.64. The highest BCUT2D eigenvalue weighted by Crippen LogP contribution is 2.40. The molecule has 0 aliphatic carbocycles. The van der Waals surface area contributed by atoms with Crippen LogP contribution in [0, 0.1) is 23.7 Å². The van der Waals surface area contributed by atoms with Crippen LogP contribution in [0.5, 0.6) is 0 Å². The average molecular weight is 825 g/mol. The van der Waals surface area contributed by atoms with Crippen LogP contribution in [-0.2, 0) is 42.8 Å². The van der Waals surface area contributed by atoms with Crippen molar-refractivity contribution in [1.82, 2.24) is 20.0 Å². The number of carbonyl (C=O) groups excluding carboxylic acids is 5. The highest BCUT2D eigenvalue weighted by Gasteiger charge is 2.57. The number of ether oxygens (including phenoxy) is 6. The molecule has 3 aliphatic rings. The normalized spacial score (nSPS) is 36.0. The Morgan fingerprint density at radius 3 is 2.37 bits per heavy atom. The van der Waals surface area contributed by atoms with Gasteiger partial charge in [-0.15, -0.1) is 0 Å². The topological polar surface area (TPSA) is 194 Å². The van der Waals surface area contributed by atoms with E-state index in [9.17, 15) is 29.1 Å². The Kier molecular flexibility index (Phi) is 14.4. The van der Waals surface area contributed by atoms with Gasteiger partial charge in [0, 0.05) is 36.2 Å². The summed E-state index contributed by atoms with van der Waals surface area (Å²) >= 11 is 0. The third-order valence-corrected chi connectivity index (χ3v) is 12.0. The minimum atomic E-state index is -1.80. The van der Waals surface area contributed by atoms with Crippen molar-refractivity contribution in [2.24, 2.45) is 23.7 Å². The number of nitrogens with one attached hydrogen (secondary N) is 1. The summed E-state index contributed by atoms with van der Waals surface area (Å²) in [5.41, 5.74) is -1.54. The molecule has 3 saturated heterocycles. The Morgan fingerprint density at radius 2 is 1.75 bits per heavy atom. The van der Waals surface area contributed by atoms with Gasteiger partial charge >= 0.3 is 18.2 Å². The summed E-state index contributed by atoms with van der Waals surface area (Å²) in [4.78, 5) is 70.9. The number of carbonyl (C=O) groups is 5. The van der Waals surface area contributed by atoms with Crippen molar-refractivity contribution < 1.29 is 57.5 Å². The molecular formula is C43H60N4O12. The molecule has 0 unspecified atom stereocenters. The van der Waals surface area contributed by atoms with Crippen molar-refractivity contribution >= 4 is 35.9 Å². The van der Waals surface area contributed by atoms with Gasteiger partial charge in [0.05, 0.1) is 17.8 Å². The molecule has 5 rings (SSSR count). The van der Waals surface area contributed by atoms with Crippen LogP contribution in [0.3, 0.4) is 0 Å². The predicted molar refractivity (Wildman–Crippen MR) is 214 cm³/mol. The van der Waals surface area contributed by atoms with Crippen LogP contribution in [0.25, 0.3) is 11.8 Å². The molecule has 3 fully saturated rings. The van der Waals surface area contributed by atoms with E-state index < -0.39 is 95.6 Å². The summed E-state index contributed by atoms with van der Waals surface area (Å²) in [6.45, 7) is 12.8. The second-order valence-electron chi connectivity index (χ2n) is 16.8. The molecular weight excluding hydrogens is 764 g/mol. The van der Waals surface area contributed by atoms with Crippen LogP contribution in [0.15, 0.2) is 48.8 Å². The van der Waals surface area contributed by atoms with Crippen LogP contribution in [0.2, 0.25) is 0 Å².